The molecule has 12 rings (SSSR count). The molecule has 9 heterocycles. The van der Waals surface area contributed by atoms with Gasteiger partial charge in [-0.2, -0.15) is 0 Å². The van der Waals surface area contributed by atoms with Gasteiger partial charge in [-0.25, -0.2) is 39.5 Å². The van der Waals surface area contributed by atoms with Gasteiger partial charge >= 0.3 is 11.4 Å². The molecule has 1 unspecified atom stereocenters. The second-order valence-electron chi connectivity index (χ2n) is 19.4. The Morgan fingerprint density at radius 3 is 2.04 bits per heavy atom. The minimum atomic E-state index is -0.832. The number of carbonyl (C=O) groups excluding carboxylic acids is 2. The Kier molecular flexibility index (Phi) is 10.9. The molecule has 2 amide bonds. The highest BCUT2D eigenvalue weighted by atomic mass is 16.5. The van der Waals surface area contributed by atoms with Crippen LogP contribution in [0.1, 0.15) is 90.3 Å². The lowest BCUT2D eigenvalue weighted by atomic mass is 10.0. The van der Waals surface area contributed by atoms with E-state index < -0.39 is 5.60 Å². The fourth-order valence-corrected chi connectivity index (χ4v) is 10.8. The first kappa shape index (κ1) is 43.8. The third-order valence-corrected chi connectivity index (χ3v) is 14.8. The van der Waals surface area contributed by atoms with Crippen molar-refractivity contribution in [2.75, 3.05) is 62.3 Å². The van der Waals surface area contributed by atoms with Crippen molar-refractivity contribution in [1.82, 2.24) is 68.8 Å². The molecule has 70 heavy (non-hydrogen) atoms. The number of hydrogen-bond acceptors (Lipinski definition) is 14. The van der Waals surface area contributed by atoms with E-state index in [2.05, 4.69) is 45.4 Å². The number of imidazole rings is 4. The molecule has 2 aromatic carbocycles. The Morgan fingerprint density at radius 2 is 1.37 bits per heavy atom. The van der Waals surface area contributed by atoms with Gasteiger partial charge in [-0.15, -0.1) is 0 Å². The Balaban J connectivity index is 0.787. The number of nitrogens with zero attached hydrogens (tertiary/aromatic N) is 12. The van der Waals surface area contributed by atoms with Crippen LogP contribution in [0.3, 0.4) is 0 Å². The molecule has 1 atom stereocenters. The number of aryl methyl sites for hydroxylation is 1. The number of aromatic nitrogens is 12. The van der Waals surface area contributed by atoms with Crippen LogP contribution in [0.4, 0.5) is 11.6 Å². The number of anilines is 2. The van der Waals surface area contributed by atoms with Crippen molar-refractivity contribution in [1.29, 1.82) is 0 Å². The molecule has 0 radical (unpaired) electrons. The molecular formula is C48H54N16O6. The molecular weight excluding hydrogens is 897 g/mol. The average Bonchev–Trinajstić information content (AvgIpc) is 3.61. The van der Waals surface area contributed by atoms with Crippen LogP contribution in [-0.4, -0.2) is 133 Å². The first-order valence-corrected chi connectivity index (χ1v) is 24.3. The van der Waals surface area contributed by atoms with Crippen LogP contribution in [0.15, 0.2) is 64.7 Å². The Labute approximate surface area is 399 Å². The summed E-state index contributed by atoms with van der Waals surface area (Å²) < 4.78 is 12.9. The molecule has 3 aliphatic heterocycles. The number of hydrogen-bond donors (Lipinski definition) is 5. The van der Waals surface area contributed by atoms with Gasteiger partial charge in [-0.1, -0.05) is 18.2 Å². The van der Waals surface area contributed by atoms with Crippen molar-refractivity contribution in [2.45, 2.75) is 75.6 Å². The normalized spacial score (nSPS) is 18.9. The zero-order chi connectivity index (χ0) is 47.7. The van der Waals surface area contributed by atoms with Crippen LogP contribution in [0.2, 0.25) is 0 Å². The summed E-state index contributed by atoms with van der Waals surface area (Å²) in [6.45, 7) is 4.65. The zero-order valence-corrected chi connectivity index (χ0v) is 38.8. The molecule has 1 saturated carbocycles. The number of carbonyl (C=O) groups is 2. The van der Waals surface area contributed by atoms with E-state index in [1.54, 1.807) is 11.6 Å². The maximum atomic E-state index is 14.2. The number of rotatable bonds is 12. The van der Waals surface area contributed by atoms with E-state index in [-0.39, 0.29) is 65.9 Å². The number of ether oxygens (including phenoxy) is 1. The Morgan fingerprint density at radius 1 is 0.757 bits per heavy atom. The Hall–Kier alpha value is -7.46. The zero-order valence-electron chi connectivity index (χ0n) is 38.8. The number of benzene rings is 2. The van der Waals surface area contributed by atoms with Crippen molar-refractivity contribution in [3.63, 3.8) is 0 Å². The first-order valence-electron chi connectivity index (χ1n) is 24.3. The van der Waals surface area contributed by atoms with Gasteiger partial charge in [-0.05, 0) is 87.1 Å². The summed E-state index contributed by atoms with van der Waals surface area (Å²) in [5.41, 5.74) is 4.93. The van der Waals surface area contributed by atoms with Gasteiger partial charge in [0.05, 0.1) is 40.8 Å². The first-order chi connectivity index (χ1) is 34.1. The van der Waals surface area contributed by atoms with Crippen molar-refractivity contribution in [3.05, 3.63) is 93.3 Å². The minimum absolute atomic E-state index is 0.0104. The summed E-state index contributed by atoms with van der Waals surface area (Å²) >= 11 is 0. The number of fused-ring (bicyclic) bond motifs is 4. The Bertz CT molecular complexity index is 3430. The second kappa shape index (κ2) is 17.5. The third kappa shape index (κ3) is 7.93. The van der Waals surface area contributed by atoms with Gasteiger partial charge in [0.25, 0.3) is 11.8 Å². The van der Waals surface area contributed by atoms with Crippen LogP contribution in [0.5, 0.6) is 0 Å². The van der Waals surface area contributed by atoms with Gasteiger partial charge in [0, 0.05) is 65.0 Å². The smallest absolute Gasteiger partial charge is 0.326 e. The summed E-state index contributed by atoms with van der Waals surface area (Å²) in [7, 11) is 1.74. The molecule has 5 N–H and O–H groups in total. The highest BCUT2D eigenvalue weighted by molar-refractivity contribution is 5.97. The number of H-pyrrole nitrogens is 2. The largest absolute Gasteiger partial charge is 0.388 e. The summed E-state index contributed by atoms with van der Waals surface area (Å²) in [4.78, 5) is 92.5. The summed E-state index contributed by atoms with van der Waals surface area (Å²) in [5.74, 6) is 1.17. The number of para-hydroxylation sites is 2. The molecule has 6 aromatic heterocycles. The fourth-order valence-electron chi connectivity index (χ4n) is 10.8. The third-order valence-electron chi connectivity index (χ3n) is 14.8. The molecule has 0 bridgehead atoms. The number of amides is 2. The molecule has 3 saturated heterocycles. The molecule has 8 aromatic rings. The number of aliphatic hydroxyl groups is 1. The van der Waals surface area contributed by atoms with Gasteiger partial charge in [0.2, 0.25) is 11.6 Å². The lowest BCUT2D eigenvalue weighted by Gasteiger charge is -2.33. The molecule has 4 aliphatic rings. The van der Waals surface area contributed by atoms with Crippen LogP contribution < -0.4 is 31.8 Å². The second-order valence-corrected chi connectivity index (χ2v) is 19.4. The van der Waals surface area contributed by atoms with Gasteiger partial charge in [0.15, 0.2) is 34.0 Å². The highest BCUT2D eigenvalue weighted by Crippen LogP contribution is 2.35. The summed E-state index contributed by atoms with van der Waals surface area (Å²) in [5, 5.41) is 16.2. The van der Waals surface area contributed by atoms with Gasteiger partial charge in [0.1, 0.15) is 12.7 Å². The SMILES string of the molecule is Cn1c(C(=O)NCC2(O)CC2)nc2c(N3CCC(n4c(=O)[nH]c5cc(Cn6c(C(=O)NCC7CCCOC7)nc7c(N8CCC(n9c(=O)[nH]c%10ccccc%109)CC8)ncnc76)ccc54)CC3)ncnc21. The van der Waals surface area contributed by atoms with E-state index in [9.17, 15) is 24.3 Å². The van der Waals surface area contributed by atoms with Crippen molar-refractivity contribution < 1.29 is 19.4 Å². The van der Waals surface area contributed by atoms with Gasteiger partial charge in [-0.3, -0.25) is 23.3 Å². The fraction of sp³-hybridized carbons (Fsp3) is 0.458. The van der Waals surface area contributed by atoms with Crippen molar-refractivity contribution in [2.24, 2.45) is 13.0 Å². The molecule has 22 nitrogen and oxygen atoms in total. The average molecular weight is 951 g/mol. The minimum Gasteiger partial charge on any atom is -0.388 e. The predicted molar refractivity (Wildman–Crippen MR) is 259 cm³/mol. The van der Waals surface area contributed by atoms with Crippen LogP contribution in [-0.2, 0) is 18.3 Å². The molecule has 4 fully saturated rings. The predicted octanol–water partition coefficient (Wildman–Crippen LogP) is 2.93. The van der Waals surface area contributed by atoms with Crippen molar-refractivity contribution >= 4 is 67.8 Å². The lowest BCUT2D eigenvalue weighted by molar-refractivity contribution is 0.0534. The van der Waals surface area contributed by atoms with E-state index in [0.717, 1.165) is 41.6 Å². The standard InChI is InChI=1S/C48H54N16O6/c1-59-38-36(57-42(59)44(65)50-25-48(69)14-15-48)39(52-26-51-38)60-16-12-31(13-17-60)64-35-9-8-28(21-33(35)56-47(64)68)23-62-41-37(58-43(62)45(66)49-22-29-5-4-20-70-24-29)40(53-27-54-41)61-18-10-30(11-19-61)63-34-7-3-2-6-32(34)55-46(63)67/h2-3,6-9,21,26-27,29-31,69H,4-5,10-20,22-25H2,1H3,(H,49,66)(H,50,65)(H,55,67)(H,56,68). The quantitative estimate of drug-likeness (QED) is 0.118. The lowest BCUT2D eigenvalue weighted by Crippen LogP contribution is -2.37. The van der Waals surface area contributed by atoms with Gasteiger partial charge < -0.3 is 44.8 Å². The molecule has 22 heteroatoms. The monoisotopic (exact) mass is 950 g/mol. The van der Waals surface area contributed by atoms with E-state index in [1.807, 2.05) is 56.2 Å². The van der Waals surface area contributed by atoms with E-state index in [1.165, 1.54) is 12.7 Å². The number of aromatic amines is 2. The van der Waals surface area contributed by atoms with E-state index in [0.29, 0.717) is 117 Å². The van der Waals surface area contributed by atoms with Crippen LogP contribution in [0, 0.1) is 5.92 Å². The maximum absolute atomic E-state index is 14.2. The molecule has 0 spiro atoms. The summed E-state index contributed by atoms with van der Waals surface area (Å²) in [6, 6.07) is 13.5. The van der Waals surface area contributed by atoms with Crippen molar-refractivity contribution in [3.8, 4) is 0 Å². The highest BCUT2D eigenvalue weighted by Gasteiger charge is 2.41. The number of nitrogens with one attached hydrogen (secondary N) is 4. The van der Waals surface area contributed by atoms with Crippen LogP contribution in [0.25, 0.3) is 44.4 Å². The molecule has 1 aliphatic carbocycles. The van der Waals surface area contributed by atoms with Crippen LogP contribution >= 0.6 is 0 Å². The summed E-state index contributed by atoms with van der Waals surface area (Å²) in [6.07, 6.45) is 8.99. The topological polar surface area (TPSA) is 257 Å². The molecule has 362 valence electrons. The maximum Gasteiger partial charge on any atom is 0.326 e. The van der Waals surface area contributed by atoms with E-state index in [4.69, 9.17) is 19.7 Å². The van der Waals surface area contributed by atoms with E-state index >= 15 is 0 Å². The number of piperidine rings is 2.